The third-order valence-electron chi connectivity index (χ3n) is 2.08. The lowest BCUT2D eigenvalue weighted by Crippen LogP contribution is -1.92. The summed E-state index contributed by atoms with van der Waals surface area (Å²) in [5, 5.41) is 0. The minimum Gasteiger partial charge on any atom is -0.0654 e. The Labute approximate surface area is 66.0 Å². The predicted molar refractivity (Wildman–Crippen MR) is 48.2 cm³/mol. The maximum Gasteiger partial charge on any atom is -0.0443 e. The van der Waals surface area contributed by atoms with E-state index >= 15 is 0 Å². The fourth-order valence-corrected chi connectivity index (χ4v) is 1.38. The van der Waals surface area contributed by atoms with Gasteiger partial charge in [-0.25, -0.2) is 0 Å². The molecule has 0 aliphatic rings. The second-order valence-electron chi connectivity index (χ2n) is 3.39. The minimum atomic E-state index is 0.969. The summed E-state index contributed by atoms with van der Waals surface area (Å²) < 4.78 is 0. The van der Waals surface area contributed by atoms with E-state index in [1.165, 1.54) is 38.5 Å². The van der Waals surface area contributed by atoms with E-state index in [1.54, 1.807) is 0 Å². The quantitative estimate of drug-likeness (QED) is 0.492. The molecule has 0 saturated carbocycles. The molecule has 0 aliphatic heterocycles. The first-order chi connectivity index (χ1) is 4.81. The summed E-state index contributed by atoms with van der Waals surface area (Å²) in [4.78, 5) is 0. The van der Waals surface area contributed by atoms with E-state index in [2.05, 4.69) is 20.8 Å². The summed E-state index contributed by atoms with van der Waals surface area (Å²) in [6.45, 7) is 6.92. The zero-order valence-corrected chi connectivity index (χ0v) is 7.82. The normalized spacial score (nSPS) is 13.5. The van der Waals surface area contributed by atoms with E-state index in [4.69, 9.17) is 0 Å². The fourth-order valence-electron chi connectivity index (χ4n) is 1.38. The van der Waals surface area contributed by atoms with Crippen molar-refractivity contribution < 1.29 is 0 Å². The van der Waals surface area contributed by atoms with Crippen LogP contribution in [0.3, 0.4) is 0 Å². The largest absolute Gasteiger partial charge is 0.0654 e. The SMILES string of the molecule is CCCCC[C@@H](C)CCC. The van der Waals surface area contributed by atoms with E-state index in [0.717, 1.165) is 5.92 Å². The van der Waals surface area contributed by atoms with Gasteiger partial charge in [-0.3, -0.25) is 0 Å². The van der Waals surface area contributed by atoms with Gasteiger partial charge < -0.3 is 0 Å². The molecule has 0 aromatic rings. The van der Waals surface area contributed by atoms with Crippen molar-refractivity contribution in [2.45, 2.75) is 59.3 Å². The second-order valence-corrected chi connectivity index (χ2v) is 3.39. The molecule has 62 valence electrons. The molecule has 0 rings (SSSR count). The molecule has 0 bridgehead atoms. The molecule has 0 aromatic heterocycles. The molecule has 0 saturated heterocycles. The van der Waals surface area contributed by atoms with Crippen molar-refractivity contribution in [2.24, 2.45) is 5.92 Å². The van der Waals surface area contributed by atoms with Crippen molar-refractivity contribution in [3.8, 4) is 0 Å². The number of hydrogen-bond acceptors (Lipinski definition) is 0. The molecule has 10 heavy (non-hydrogen) atoms. The van der Waals surface area contributed by atoms with Gasteiger partial charge in [-0.1, -0.05) is 59.3 Å². The zero-order chi connectivity index (χ0) is 7.82. The zero-order valence-electron chi connectivity index (χ0n) is 7.82. The van der Waals surface area contributed by atoms with Gasteiger partial charge in [0.1, 0.15) is 0 Å². The van der Waals surface area contributed by atoms with Crippen LogP contribution in [-0.4, -0.2) is 0 Å². The van der Waals surface area contributed by atoms with Crippen molar-refractivity contribution in [3.05, 3.63) is 0 Å². The lowest BCUT2D eigenvalue weighted by Gasteiger charge is -2.07. The molecule has 1 atom stereocenters. The van der Waals surface area contributed by atoms with E-state index in [1.807, 2.05) is 0 Å². The topological polar surface area (TPSA) is 0 Å². The molecule has 0 heterocycles. The highest BCUT2D eigenvalue weighted by atomic mass is 14.0. The summed E-state index contributed by atoms with van der Waals surface area (Å²) >= 11 is 0. The Balaban J connectivity index is 2.97. The highest BCUT2D eigenvalue weighted by molar-refractivity contribution is 4.51. The van der Waals surface area contributed by atoms with Crippen LogP contribution in [0.5, 0.6) is 0 Å². The lowest BCUT2D eigenvalue weighted by molar-refractivity contribution is 0.459. The highest BCUT2D eigenvalue weighted by Crippen LogP contribution is 2.13. The molecule has 0 fully saturated rings. The Morgan fingerprint density at radius 3 is 2.10 bits per heavy atom. The summed E-state index contributed by atoms with van der Waals surface area (Å²) in [7, 11) is 0. The Hall–Kier alpha value is 0. The molecular weight excluding hydrogens is 120 g/mol. The van der Waals surface area contributed by atoms with E-state index in [0.29, 0.717) is 0 Å². The monoisotopic (exact) mass is 142 g/mol. The minimum absolute atomic E-state index is 0.969. The summed E-state index contributed by atoms with van der Waals surface area (Å²) in [5.41, 5.74) is 0. The van der Waals surface area contributed by atoms with Crippen LogP contribution < -0.4 is 0 Å². The number of hydrogen-bond donors (Lipinski definition) is 0. The molecule has 0 aliphatic carbocycles. The van der Waals surface area contributed by atoms with Gasteiger partial charge in [0.25, 0.3) is 0 Å². The van der Waals surface area contributed by atoms with Gasteiger partial charge >= 0.3 is 0 Å². The van der Waals surface area contributed by atoms with Gasteiger partial charge in [-0.05, 0) is 5.92 Å². The van der Waals surface area contributed by atoms with Gasteiger partial charge in [-0.15, -0.1) is 0 Å². The Kier molecular flexibility index (Phi) is 7.11. The molecular formula is C10H22. The van der Waals surface area contributed by atoms with Crippen LogP contribution in [0.1, 0.15) is 59.3 Å². The van der Waals surface area contributed by atoms with Crippen molar-refractivity contribution >= 4 is 0 Å². The summed E-state index contributed by atoms with van der Waals surface area (Å²) in [6, 6.07) is 0. The molecule has 0 aromatic carbocycles. The van der Waals surface area contributed by atoms with Crippen LogP contribution in [0.2, 0.25) is 0 Å². The molecule has 0 heteroatoms. The molecule has 0 nitrogen and oxygen atoms in total. The van der Waals surface area contributed by atoms with Crippen molar-refractivity contribution in [1.82, 2.24) is 0 Å². The maximum absolute atomic E-state index is 2.37. The van der Waals surface area contributed by atoms with Crippen molar-refractivity contribution in [2.75, 3.05) is 0 Å². The van der Waals surface area contributed by atoms with E-state index in [9.17, 15) is 0 Å². The van der Waals surface area contributed by atoms with Crippen LogP contribution >= 0.6 is 0 Å². The third-order valence-corrected chi connectivity index (χ3v) is 2.08. The van der Waals surface area contributed by atoms with Gasteiger partial charge in [0, 0.05) is 0 Å². The molecule has 0 radical (unpaired) electrons. The van der Waals surface area contributed by atoms with Crippen molar-refractivity contribution in [1.29, 1.82) is 0 Å². The Morgan fingerprint density at radius 1 is 0.900 bits per heavy atom. The average molecular weight is 142 g/mol. The second kappa shape index (κ2) is 7.11. The number of rotatable bonds is 6. The van der Waals surface area contributed by atoms with Crippen LogP contribution in [-0.2, 0) is 0 Å². The third kappa shape index (κ3) is 6.12. The molecule has 0 amide bonds. The van der Waals surface area contributed by atoms with E-state index < -0.39 is 0 Å². The Bertz CT molecular complexity index is 57.1. The first-order valence-electron chi connectivity index (χ1n) is 4.81. The maximum atomic E-state index is 2.37. The standard InChI is InChI=1S/C10H22/c1-4-6-7-9-10(3)8-5-2/h10H,4-9H2,1-3H3/t10-/m0/s1. The smallest absolute Gasteiger partial charge is 0.0443 e. The van der Waals surface area contributed by atoms with Gasteiger partial charge in [0.05, 0.1) is 0 Å². The van der Waals surface area contributed by atoms with Gasteiger partial charge in [-0.2, -0.15) is 0 Å². The highest BCUT2D eigenvalue weighted by Gasteiger charge is 1.98. The van der Waals surface area contributed by atoms with Crippen LogP contribution in [0.15, 0.2) is 0 Å². The predicted octanol–water partition coefficient (Wildman–Crippen LogP) is 4.00. The lowest BCUT2D eigenvalue weighted by atomic mass is 9.99. The van der Waals surface area contributed by atoms with Crippen LogP contribution in [0.4, 0.5) is 0 Å². The number of unbranched alkanes of at least 4 members (excludes halogenated alkanes) is 2. The van der Waals surface area contributed by atoms with E-state index in [-0.39, 0.29) is 0 Å². The van der Waals surface area contributed by atoms with Gasteiger partial charge in [0.2, 0.25) is 0 Å². The molecule has 0 unspecified atom stereocenters. The fraction of sp³-hybridized carbons (Fsp3) is 1.00. The summed E-state index contributed by atoms with van der Waals surface area (Å²) in [5.74, 6) is 0.969. The van der Waals surface area contributed by atoms with Crippen LogP contribution in [0.25, 0.3) is 0 Å². The first-order valence-corrected chi connectivity index (χ1v) is 4.81. The van der Waals surface area contributed by atoms with Crippen LogP contribution in [0, 0.1) is 5.92 Å². The first kappa shape index (κ1) is 10.0. The molecule has 0 N–H and O–H groups in total. The molecule has 0 spiro atoms. The van der Waals surface area contributed by atoms with Crippen molar-refractivity contribution in [3.63, 3.8) is 0 Å². The average Bonchev–Trinajstić information content (AvgIpc) is 1.89. The van der Waals surface area contributed by atoms with Gasteiger partial charge in [0.15, 0.2) is 0 Å². The summed E-state index contributed by atoms with van der Waals surface area (Å²) in [6.07, 6.45) is 8.45. The Morgan fingerprint density at radius 2 is 1.60 bits per heavy atom.